The van der Waals surface area contributed by atoms with E-state index >= 15 is 0 Å². The SMILES string of the molecule is O=C1CCN(C(=O)Cc2cccc(Cl)c2)CCN1. The van der Waals surface area contributed by atoms with E-state index in [9.17, 15) is 9.59 Å². The molecule has 4 nitrogen and oxygen atoms in total. The summed E-state index contributed by atoms with van der Waals surface area (Å²) in [6, 6.07) is 7.29. The van der Waals surface area contributed by atoms with Crippen LogP contribution in [0, 0.1) is 0 Å². The fraction of sp³-hybridized carbons (Fsp3) is 0.385. The lowest BCUT2D eigenvalue weighted by Gasteiger charge is -2.19. The molecule has 1 aromatic rings. The molecule has 0 unspecified atom stereocenters. The third kappa shape index (κ3) is 3.47. The Bertz CT molecular complexity index is 462. The number of nitrogens with one attached hydrogen (secondary N) is 1. The molecule has 1 fully saturated rings. The fourth-order valence-electron chi connectivity index (χ4n) is 1.95. The van der Waals surface area contributed by atoms with Crippen molar-refractivity contribution >= 4 is 23.4 Å². The number of carbonyl (C=O) groups is 2. The van der Waals surface area contributed by atoms with Gasteiger partial charge in [0.1, 0.15) is 0 Å². The molecular formula is C13H15ClN2O2. The predicted octanol–water partition coefficient (Wildman–Crippen LogP) is 1.23. The molecule has 1 heterocycles. The van der Waals surface area contributed by atoms with Crippen LogP contribution >= 0.6 is 11.6 Å². The summed E-state index contributed by atoms with van der Waals surface area (Å²) in [6.07, 6.45) is 0.704. The van der Waals surface area contributed by atoms with Crippen LogP contribution < -0.4 is 5.32 Å². The second-order valence-corrected chi connectivity index (χ2v) is 4.72. The monoisotopic (exact) mass is 266 g/mol. The molecule has 0 aromatic heterocycles. The van der Waals surface area contributed by atoms with Gasteiger partial charge in [-0.15, -0.1) is 0 Å². The molecule has 0 spiro atoms. The molecule has 2 rings (SSSR count). The minimum absolute atomic E-state index is 0.00746. The molecule has 96 valence electrons. The highest BCUT2D eigenvalue weighted by molar-refractivity contribution is 6.30. The maximum atomic E-state index is 12.1. The Kier molecular flexibility index (Phi) is 4.20. The highest BCUT2D eigenvalue weighted by Gasteiger charge is 2.18. The highest BCUT2D eigenvalue weighted by atomic mass is 35.5. The maximum absolute atomic E-state index is 12.1. The molecule has 1 aliphatic rings. The summed E-state index contributed by atoms with van der Waals surface area (Å²) in [4.78, 5) is 25.0. The zero-order valence-corrected chi connectivity index (χ0v) is 10.7. The lowest BCUT2D eigenvalue weighted by Crippen LogP contribution is -2.35. The predicted molar refractivity (Wildman–Crippen MR) is 69.4 cm³/mol. The summed E-state index contributed by atoms with van der Waals surface area (Å²) in [6.45, 7) is 1.59. The molecule has 1 aromatic carbocycles. The zero-order chi connectivity index (χ0) is 13.0. The van der Waals surface area contributed by atoms with Gasteiger partial charge in [-0.25, -0.2) is 0 Å². The first-order valence-electron chi connectivity index (χ1n) is 5.94. The van der Waals surface area contributed by atoms with Gasteiger partial charge < -0.3 is 10.2 Å². The number of hydrogen-bond donors (Lipinski definition) is 1. The van der Waals surface area contributed by atoms with Gasteiger partial charge in [-0.2, -0.15) is 0 Å². The maximum Gasteiger partial charge on any atom is 0.227 e. The van der Waals surface area contributed by atoms with Crippen molar-refractivity contribution in [2.45, 2.75) is 12.8 Å². The van der Waals surface area contributed by atoms with Gasteiger partial charge in [-0.3, -0.25) is 9.59 Å². The van der Waals surface area contributed by atoms with Crippen LogP contribution in [-0.2, 0) is 16.0 Å². The van der Waals surface area contributed by atoms with Crippen molar-refractivity contribution < 1.29 is 9.59 Å². The van der Waals surface area contributed by atoms with Crippen LogP contribution in [0.5, 0.6) is 0 Å². The fourth-order valence-corrected chi connectivity index (χ4v) is 2.16. The van der Waals surface area contributed by atoms with Gasteiger partial charge in [0.25, 0.3) is 0 Å². The Morgan fingerprint density at radius 1 is 1.39 bits per heavy atom. The van der Waals surface area contributed by atoms with Gasteiger partial charge >= 0.3 is 0 Å². The van der Waals surface area contributed by atoms with E-state index in [0.29, 0.717) is 37.5 Å². The second-order valence-electron chi connectivity index (χ2n) is 4.29. The third-order valence-electron chi connectivity index (χ3n) is 2.91. The first-order chi connectivity index (χ1) is 8.65. The summed E-state index contributed by atoms with van der Waals surface area (Å²) in [5, 5.41) is 3.38. The van der Waals surface area contributed by atoms with E-state index in [4.69, 9.17) is 11.6 Å². The van der Waals surface area contributed by atoms with E-state index in [-0.39, 0.29) is 11.8 Å². The van der Waals surface area contributed by atoms with Gasteiger partial charge in [-0.1, -0.05) is 23.7 Å². The van der Waals surface area contributed by atoms with Gasteiger partial charge in [-0.05, 0) is 17.7 Å². The van der Waals surface area contributed by atoms with Crippen LogP contribution in [-0.4, -0.2) is 36.3 Å². The largest absolute Gasteiger partial charge is 0.354 e. The van der Waals surface area contributed by atoms with Crippen LogP contribution in [0.2, 0.25) is 5.02 Å². The summed E-state index contributed by atoms with van der Waals surface area (Å²) >= 11 is 5.88. The van der Waals surface area contributed by atoms with Crippen molar-refractivity contribution in [1.82, 2.24) is 10.2 Å². The van der Waals surface area contributed by atoms with Crippen molar-refractivity contribution in [2.75, 3.05) is 19.6 Å². The minimum atomic E-state index is 0.00746. The van der Waals surface area contributed by atoms with Crippen molar-refractivity contribution in [3.8, 4) is 0 Å². The van der Waals surface area contributed by atoms with E-state index in [1.54, 1.807) is 17.0 Å². The number of amides is 2. The van der Waals surface area contributed by atoms with Gasteiger partial charge in [0.2, 0.25) is 11.8 Å². The van der Waals surface area contributed by atoms with E-state index in [0.717, 1.165) is 5.56 Å². The number of hydrogen-bond acceptors (Lipinski definition) is 2. The molecule has 0 saturated carbocycles. The summed E-state index contributed by atoms with van der Waals surface area (Å²) < 4.78 is 0. The van der Waals surface area contributed by atoms with E-state index < -0.39 is 0 Å². The van der Waals surface area contributed by atoms with Crippen LogP contribution in [0.1, 0.15) is 12.0 Å². The van der Waals surface area contributed by atoms with Crippen LogP contribution in [0.3, 0.4) is 0 Å². The first kappa shape index (κ1) is 12.9. The number of benzene rings is 1. The van der Waals surface area contributed by atoms with Gasteiger partial charge in [0.15, 0.2) is 0 Å². The molecule has 18 heavy (non-hydrogen) atoms. The smallest absolute Gasteiger partial charge is 0.227 e. The molecule has 0 bridgehead atoms. The molecule has 0 aliphatic carbocycles. The van der Waals surface area contributed by atoms with Gasteiger partial charge in [0, 0.05) is 31.1 Å². The van der Waals surface area contributed by atoms with Crippen molar-refractivity contribution in [3.63, 3.8) is 0 Å². The van der Waals surface area contributed by atoms with Gasteiger partial charge in [0.05, 0.1) is 6.42 Å². The number of rotatable bonds is 2. The average Bonchev–Trinajstić information content (AvgIpc) is 2.54. The van der Waals surface area contributed by atoms with Crippen LogP contribution in [0.15, 0.2) is 24.3 Å². The van der Waals surface area contributed by atoms with Crippen molar-refractivity contribution in [1.29, 1.82) is 0 Å². The summed E-state index contributed by atoms with van der Waals surface area (Å²) in [5.74, 6) is 0.0434. The Balaban J connectivity index is 1.97. The first-order valence-corrected chi connectivity index (χ1v) is 6.32. The molecule has 0 atom stereocenters. The molecular weight excluding hydrogens is 252 g/mol. The van der Waals surface area contributed by atoms with E-state index in [1.165, 1.54) is 0 Å². The summed E-state index contributed by atoms with van der Waals surface area (Å²) in [5.41, 5.74) is 0.899. The Labute approximate surface area is 111 Å². The third-order valence-corrected chi connectivity index (χ3v) is 3.14. The topological polar surface area (TPSA) is 49.4 Å². The lowest BCUT2D eigenvalue weighted by atomic mass is 10.1. The van der Waals surface area contributed by atoms with Crippen molar-refractivity contribution in [3.05, 3.63) is 34.9 Å². The Hall–Kier alpha value is -1.55. The second kappa shape index (κ2) is 5.87. The average molecular weight is 267 g/mol. The number of carbonyl (C=O) groups excluding carboxylic acids is 2. The molecule has 5 heteroatoms. The zero-order valence-electron chi connectivity index (χ0n) is 9.99. The van der Waals surface area contributed by atoms with Crippen LogP contribution in [0.25, 0.3) is 0 Å². The molecule has 1 N–H and O–H groups in total. The normalized spacial score (nSPS) is 16.1. The lowest BCUT2D eigenvalue weighted by molar-refractivity contribution is -0.130. The number of halogens is 1. The summed E-state index contributed by atoms with van der Waals surface area (Å²) in [7, 11) is 0. The number of nitrogens with zero attached hydrogens (tertiary/aromatic N) is 1. The minimum Gasteiger partial charge on any atom is -0.354 e. The Morgan fingerprint density at radius 3 is 3.00 bits per heavy atom. The van der Waals surface area contributed by atoms with Crippen molar-refractivity contribution in [2.24, 2.45) is 0 Å². The highest BCUT2D eigenvalue weighted by Crippen LogP contribution is 2.12. The molecule has 0 radical (unpaired) electrons. The van der Waals surface area contributed by atoms with E-state index in [2.05, 4.69) is 5.32 Å². The van der Waals surface area contributed by atoms with Crippen LogP contribution in [0.4, 0.5) is 0 Å². The Morgan fingerprint density at radius 2 is 2.22 bits per heavy atom. The molecule has 1 saturated heterocycles. The van der Waals surface area contributed by atoms with E-state index in [1.807, 2.05) is 12.1 Å². The molecule has 2 amide bonds. The molecule has 1 aliphatic heterocycles. The standard InChI is InChI=1S/C13H15ClN2O2/c14-11-3-1-2-10(8-11)9-13(18)16-6-4-12(17)15-5-7-16/h1-3,8H,4-7,9H2,(H,15,17). The quantitative estimate of drug-likeness (QED) is 0.875.